The minimum atomic E-state index is -4.98. The fraction of sp³-hybridized carbons (Fsp3) is 0.280. The van der Waals surface area contributed by atoms with Crippen molar-refractivity contribution in [3.05, 3.63) is 83.6 Å². The van der Waals surface area contributed by atoms with Crippen molar-refractivity contribution in [2.75, 3.05) is 19.1 Å². The quantitative estimate of drug-likeness (QED) is 0.380. The molecule has 2 unspecified atom stereocenters. The molecule has 0 spiro atoms. The number of benzene rings is 2. The second-order valence-corrected chi connectivity index (χ2v) is 8.50. The molecule has 1 saturated heterocycles. The molecule has 1 aliphatic heterocycles. The van der Waals surface area contributed by atoms with Crippen molar-refractivity contribution in [3.8, 4) is 5.88 Å². The number of hydrogen-bond donors (Lipinski definition) is 3. The van der Waals surface area contributed by atoms with Crippen molar-refractivity contribution in [3.63, 3.8) is 0 Å². The lowest BCUT2D eigenvalue weighted by atomic mass is 9.83. The van der Waals surface area contributed by atoms with Crippen molar-refractivity contribution < 1.29 is 41.3 Å². The Morgan fingerprint density at radius 3 is 2.62 bits per heavy atom. The van der Waals surface area contributed by atoms with E-state index in [0.29, 0.717) is 0 Å². The van der Waals surface area contributed by atoms with Gasteiger partial charge in [0.1, 0.15) is 23.7 Å². The van der Waals surface area contributed by atoms with Crippen molar-refractivity contribution >= 4 is 17.6 Å². The maximum atomic E-state index is 15.0. The van der Waals surface area contributed by atoms with Crippen LogP contribution in [0.3, 0.4) is 0 Å². The lowest BCUT2D eigenvalue weighted by Gasteiger charge is -2.42. The summed E-state index contributed by atoms with van der Waals surface area (Å²) >= 11 is 0. The Hall–Kier alpha value is -4.33. The summed E-state index contributed by atoms with van der Waals surface area (Å²) < 4.78 is 80.9. The van der Waals surface area contributed by atoms with Gasteiger partial charge in [-0.3, -0.25) is 4.79 Å². The van der Waals surface area contributed by atoms with Gasteiger partial charge in [0.05, 0.1) is 19.5 Å². The number of methoxy groups -OCH3 is 1. The highest BCUT2D eigenvalue weighted by Gasteiger charge is 2.53. The number of nitrogens with zero attached hydrogens (tertiary/aromatic N) is 3. The van der Waals surface area contributed by atoms with Crippen LogP contribution in [-0.4, -0.2) is 53.1 Å². The lowest BCUT2D eigenvalue weighted by Crippen LogP contribution is -2.59. The van der Waals surface area contributed by atoms with Crippen molar-refractivity contribution in [2.45, 2.75) is 30.5 Å². The summed E-state index contributed by atoms with van der Waals surface area (Å²) in [5.41, 5.74) is -2.79. The largest absolute Gasteiger partial charge is 0.480 e. The Kier molecular flexibility index (Phi) is 7.95. The lowest BCUT2D eigenvalue weighted by molar-refractivity contribution is -0.213. The molecular formula is C25H22F5N5O4. The van der Waals surface area contributed by atoms with Gasteiger partial charge in [-0.15, -0.1) is 0 Å². The molecular weight excluding hydrogens is 529 g/mol. The van der Waals surface area contributed by atoms with Crippen LogP contribution in [0.15, 0.2) is 65.9 Å². The molecule has 1 amide bonds. The Morgan fingerprint density at radius 1 is 1.26 bits per heavy atom. The highest BCUT2D eigenvalue weighted by molar-refractivity contribution is 6.02. The first-order valence-electron chi connectivity index (χ1n) is 11.4. The summed E-state index contributed by atoms with van der Waals surface area (Å²) in [4.78, 5) is 24.1. The van der Waals surface area contributed by atoms with Crippen LogP contribution in [0.4, 0.5) is 27.6 Å². The van der Waals surface area contributed by atoms with Gasteiger partial charge in [0.25, 0.3) is 11.9 Å². The van der Waals surface area contributed by atoms with E-state index in [2.05, 4.69) is 25.6 Å². The molecule has 0 saturated carbocycles. The molecule has 1 fully saturated rings. The molecule has 3 atom stereocenters. The van der Waals surface area contributed by atoms with Crippen LogP contribution in [0.25, 0.3) is 0 Å². The zero-order valence-electron chi connectivity index (χ0n) is 20.2. The summed E-state index contributed by atoms with van der Waals surface area (Å²) in [5, 5.41) is 15.2. The third-order valence-corrected chi connectivity index (χ3v) is 5.87. The molecule has 0 bridgehead atoms. The SMILES string of the molecule is COc1cnc(C(=O)Nc2ccc(F)c([C@]3(CF)CC(C(F)(F)F)OC(=NC(O)c4ccccc4)N3)c2)cn1. The highest BCUT2D eigenvalue weighted by Crippen LogP contribution is 2.40. The van der Waals surface area contributed by atoms with Crippen molar-refractivity contribution in [2.24, 2.45) is 4.99 Å². The molecule has 0 radical (unpaired) electrons. The number of amidine groups is 1. The number of ether oxygens (including phenoxy) is 2. The molecule has 3 N–H and O–H groups in total. The van der Waals surface area contributed by atoms with Gasteiger partial charge in [-0.2, -0.15) is 18.2 Å². The van der Waals surface area contributed by atoms with Crippen LogP contribution < -0.4 is 15.4 Å². The number of amides is 1. The predicted octanol–water partition coefficient (Wildman–Crippen LogP) is 4.03. The molecule has 14 heteroatoms. The van der Waals surface area contributed by atoms with E-state index in [4.69, 9.17) is 9.47 Å². The van der Waals surface area contributed by atoms with E-state index in [-0.39, 0.29) is 22.8 Å². The number of aliphatic hydroxyl groups excluding tert-OH is 1. The summed E-state index contributed by atoms with van der Waals surface area (Å²) in [6.07, 6.45) is -7.96. The molecule has 0 aliphatic carbocycles. The normalized spacial score (nSPS) is 21.0. The van der Waals surface area contributed by atoms with E-state index in [1.807, 2.05) is 0 Å². The number of aromatic nitrogens is 2. The minimum Gasteiger partial charge on any atom is -0.480 e. The van der Waals surface area contributed by atoms with Crippen LogP contribution in [-0.2, 0) is 10.3 Å². The molecule has 4 rings (SSSR count). The number of alkyl halides is 4. The van der Waals surface area contributed by atoms with Crippen LogP contribution in [0, 0.1) is 5.82 Å². The first-order valence-corrected chi connectivity index (χ1v) is 11.4. The number of aliphatic imine (C=N–C) groups is 1. The van der Waals surface area contributed by atoms with Gasteiger partial charge >= 0.3 is 6.18 Å². The average Bonchev–Trinajstić information content (AvgIpc) is 2.93. The maximum Gasteiger partial charge on any atom is 0.425 e. The minimum absolute atomic E-state index is 0.0542. The van der Waals surface area contributed by atoms with E-state index in [0.717, 1.165) is 24.4 Å². The Labute approximate surface area is 218 Å². The van der Waals surface area contributed by atoms with E-state index in [1.54, 1.807) is 18.2 Å². The van der Waals surface area contributed by atoms with Gasteiger partial charge < -0.3 is 25.2 Å². The third kappa shape index (κ3) is 6.22. The van der Waals surface area contributed by atoms with E-state index >= 15 is 4.39 Å². The molecule has 39 heavy (non-hydrogen) atoms. The summed E-state index contributed by atoms with van der Waals surface area (Å²) in [5.74, 6) is -1.66. The Morgan fingerprint density at radius 2 is 2.00 bits per heavy atom. The number of carbonyl (C=O) groups is 1. The second kappa shape index (κ2) is 11.2. The average molecular weight is 551 g/mol. The van der Waals surface area contributed by atoms with Gasteiger partial charge in [0.2, 0.25) is 5.88 Å². The van der Waals surface area contributed by atoms with E-state index in [1.165, 1.54) is 25.4 Å². The highest BCUT2D eigenvalue weighted by atomic mass is 19.4. The molecule has 1 aliphatic rings. The fourth-order valence-corrected chi connectivity index (χ4v) is 3.88. The Balaban J connectivity index is 1.68. The van der Waals surface area contributed by atoms with Gasteiger partial charge in [-0.05, 0) is 18.2 Å². The number of anilines is 1. The van der Waals surface area contributed by atoms with Crippen molar-refractivity contribution in [1.82, 2.24) is 15.3 Å². The fourth-order valence-electron chi connectivity index (χ4n) is 3.88. The standard InChI is InChI=1S/C25H22F5N5O4/c1-38-20-12-31-18(11-32-20)22(37)33-15-7-8-17(27)16(9-15)24(13-26)10-19(25(28,29)30)39-23(35-24)34-21(36)14-5-3-2-4-6-14/h2-9,11-12,19,21,36H,10,13H2,1H3,(H,33,37)(H,34,35)/t19?,21?,24-/m1/s1. The first kappa shape index (κ1) is 27.7. The summed E-state index contributed by atoms with van der Waals surface area (Å²) in [6, 6.07) is 9.94. The van der Waals surface area contributed by atoms with Gasteiger partial charge in [0.15, 0.2) is 12.3 Å². The van der Waals surface area contributed by atoms with Gasteiger partial charge in [-0.1, -0.05) is 30.3 Å². The molecule has 2 aromatic carbocycles. The molecule has 206 valence electrons. The van der Waals surface area contributed by atoms with Crippen molar-refractivity contribution in [1.29, 1.82) is 0 Å². The second-order valence-electron chi connectivity index (χ2n) is 8.50. The van der Waals surface area contributed by atoms with Crippen LogP contribution in [0.1, 0.15) is 34.3 Å². The number of halogens is 5. The molecule has 9 nitrogen and oxygen atoms in total. The smallest absolute Gasteiger partial charge is 0.425 e. The topological polar surface area (TPSA) is 118 Å². The number of carbonyl (C=O) groups excluding carboxylic acids is 1. The van der Waals surface area contributed by atoms with Crippen LogP contribution >= 0.6 is 0 Å². The van der Waals surface area contributed by atoms with E-state index in [9.17, 15) is 27.5 Å². The number of aliphatic hydroxyl groups is 1. The number of rotatable bonds is 7. The van der Waals surface area contributed by atoms with Gasteiger partial charge in [0, 0.05) is 23.2 Å². The zero-order chi connectivity index (χ0) is 28.2. The monoisotopic (exact) mass is 551 g/mol. The third-order valence-electron chi connectivity index (χ3n) is 5.87. The summed E-state index contributed by atoms with van der Waals surface area (Å²) in [6.45, 7) is -1.51. The predicted molar refractivity (Wildman–Crippen MR) is 128 cm³/mol. The van der Waals surface area contributed by atoms with Crippen LogP contribution in [0.5, 0.6) is 5.88 Å². The summed E-state index contributed by atoms with van der Waals surface area (Å²) in [7, 11) is 1.36. The van der Waals surface area contributed by atoms with E-state index < -0.39 is 60.5 Å². The number of nitrogens with one attached hydrogen (secondary N) is 2. The number of hydrogen-bond acceptors (Lipinski definition) is 7. The van der Waals surface area contributed by atoms with Crippen LogP contribution in [0.2, 0.25) is 0 Å². The van der Waals surface area contributed by atoms with Gasteiger partial charge in [-0.25, -0.2) is 18.7 Å². The molecule has 3 aromatic rings. The first-order chi connectivity index (χ1) is 18.5. The maximum absolute atomic E-state index is 15.0. The Bertz CT molecular complexity index is 1340. The molecule has 2 heterocycles. The zero-order valence-corrected chi connectivity index (χ0v) is 20.2. The molecule has 1 aromatic heterocycles.